The average molecular weight is 726 g/mol. The molecular formula is C40H38F3N5O5. The maximum absolute atomic E-state index is 14.3. The molecule has 3 aromatic carbocycles. The summed E-state index contributed by atoms with van der Waals surface area (Å²) in [5.41, 5.74) is 1.72. The van der Waals surface area contributed by atoms with Crippen LogP contribution in [0.3, 0.4) is 0 Å². The number of amides is 4. The number of pyridine rings is 1. The van der Waals surface area contributed by atoms with Crippen molar-refractivity contribution < 1.29 is 37.1 Å². The highest BCUT2D eigenvalue weighted by atomic mass is 19.4. The Bertz CT molecular complexity index is 1930. The first kappa shape index (κ1) is 36.8. The second kappa shape index (κ2) is 16.6. The van der Waals surface area contributed by atoms with E-state index in [4.69, 9.17) is 4.74 Å². The molecule has 1 aromatic heterocycles. The number of benzene rings is 3. The molecule has 6 rings (SSSR count). The summed E-state index contributed by atoms with van der Waals surface area (Å²) < 4.78 is 45.7. The predicted octanol–water partition coefficient (Wildman–Crippen LogP) is 5.71. The quantitative estimate of drug-likeness (QED) is 0.161. The second-order valence-electron chi connectivity index (χ2n) is 12.8. The standard InChI is InChI=1S/C40H38F3N5O5/c41-40(42,43)30-15-9-12-28(24-30)25-46-37(50)33(19-20-35(49)45-23-21-31-16-7-8-22-44-31)47-32(18-17-27-10-3-1-4-11-27)36(38(47)51)48-34(26-53-39(48)52)29-13-5-2-6-14-29/h1-18,22,24,32-34,36H,19-21,23,25-26H2,(H,45,49)(H,46,50)/b18-17+/t32-,33+,34-,36+/m1/s1. The summed E-state index contributed by atoms with van der Waals surface area (Å²) in [4.78, 5) is 61.5. The Morgan fingerprint density at radius 2 is 1.66 bits per heavy atom. The van der Waals surface area contributed by atoms with Crippen LogP contribution < -0.4 is 10.6 Å². The summed E-state index contributed by atoms with van der Waals surface area (Å²) in [5.74, 6) is -1.54. The molecule has 0 unspecified atom stereocenters. The Morgan fingerprint density at radius 3 is 2.38 bits per heavy atom. The van der Waals surface area contributed by atoms with E-state index in [0.717, 1.165) is 29.0 Å². The first-order valence-corrected chi connectivity index (χ1v) is 17.3. The van der Waals surface area contributed by atoms with Gasteiger partial charge in [0.2, 0.25) is 17.7 Å². The van der Waals surface area contributed by atoms with E-state index in [1.807, 2.05) is 72.8 Å². The fourth-order valence-corrected chi connectivity index (χ4v) is 6.60. The molecule has 0 spiro atoms. The van der Waals surface area contributed by atoms with Gasteiger partial charge < -0.3 is 20.3 Å². The Kier molecular flexibility index (Phi) is 11.5. The number of hydrogen-bond donors (Lipinski definition) is 2. The molecule has 3 heterocycles. The van der Waals surface area contributed by atoms with Crippen molar-refractivity contribution in [2.75, 3.05) is 13.2 Å². The minimum atomic E-state index is -4.57. The number of halogens is 3. The van der Waals surface area contributed by atoms with E-state index >= 15 is 0 Å². The van der Waals surface area contributed by atoms with Crippen LogP contribution in [-0.4, -0.2) is 69.9 Å². The molecule has 4 amide bonds. The van der Waals surface area contributed by atoms with E-state index in [9.17, 15) is 32.3 Å². The van der Waals surface area contributed by atoms with E-state index in [0.29, 0.717) is 13.0 Å². The third-order valence-electron chi connectivity index (χ3n) is 9.27. The largest absolute Gasteiger partial charge is 0.447 e. The van der Waals surface area contributed by atoms with Crippen LogP contribution in [0.5, 0.6) is 0 Å². The molecule has 0 bridgehead atoms. The van der Waals surface area contributed by atoms with E-state index in [1.54, 1.807) is 24.4 Å². The first-order chi connectivity index (χ1) is 25.6. The maximum atomic E-state index is 14.3. The monoisotopic (exact) mass is 725 g/mol. The molecule has 2 N–H and O–H groups in total. The summed E-state index contributed by atoms with van der Waals surface area (Å²) in [5, 5.41) is 5.52. The molecule has 0 saturated carbocycles. The summed E-state index contributed by atoms with van der Waals surface area (Å²) in [6, 6.07) is 24.9. The fourth-order valence-electron chi connectivity index (χ4n) is 6.60. The average Bonchev–Trinajstić information content (AvgIpc) is 3.54. The van der Waals surface area contributed by atoms with Crippen LogP contribution in [0.1, 0.15) is 46.8 Å². The number of aromatic nitrogens is 1. The minimum Gasteiger partial charge on any atom is -0.447 e. The Morgan fingerprint density at radius 1 is 0.925 bits per heavy atom. The topological polar surface area (TPSA) is 121 Å². The highest BCUT2D eigenvalue weighted by Crippen LogP contribution is 2.39. The Hall–Kier alpha value is -5.98. The lowest BCUT2D eigenvalue weighted by atomic mass is 9.87. The molecule has 4 atom stereocenters. The fraction of sp³-hybridized carbons (Fsp3) is 0.275. The van der Waals surface area contributed by atoms with Crippen LogP contribution >= 0.6 is 0 Å². The highest BCUT2D eigenvalue weighted by molar-refractivity contribution is 5.98. The zero-order chi connectivity index (χ0) is 37.4. The van der Waals surface area contributed by atoms with Crippen molar-refractivity contribution in [1.29, 1.82) is 0 Å². The molecule has 4 aromatic rings. The van der Waals surface area contributed by atoms with Gasteiger partial charge in [-0.15, -0.1) is 0 Å². The lowest BCUT2D eigenvalue weighted by molar-refractivity contribution is -0.163. The molecule has 2 aliphatic rings. The van der Waals surface area contributed by atoms with Crippen molar-refractivity contribution in [2.24, 2.45) is 0 Å². The van der Waals surface area contributed by atoms with Crippen molar-refractivity contribution in [3.63, 3.8) is 0 Å². The third-order valence-corrected chi connectivity index (χ3v) is 9.27. The molecule has 2 aliphatic heterocycles. The SMILES string of the molecule is O=C(CC[C@@H](C(=O)NCc1cccc(C(F)(F)F)c1)N1C(=O)[C@@H](N2C(=O)OC[C@@H]2c2ccccc2)[C@H]1/C=C/c1ccccc1)NCCc1ccccn1. The van der Waals surface area contributed by atoms with Crippen molar-refractivity contribution >= 4 is 29.9 Å². The Balaban J connectivity index is 1.26. The lowest BCUT2D eigenvalue weighted by Gasteiger charge is -2.52. The molecule has 0 radical (unpaired) electrons. The van der Waals surface area contributed by atoms with E-state index in [1.165, 1.54) is 21.9 Å². The zero-order valence-corrected chi connectivity index (χ0v) is 28.6. The number of rotatable bonds is 14. The number of cyclic esters (lactones) is 1. The van der Waals surface area contributed by atoms with Crippen LogP contribution in [0.2, 0.25) is 0 Å². The Labute approximate surface area is 304 Å². The number of likely N-dealkylation sites (tertiary alicyclic amines) is 1. The molecule has 2 fully saturated rings. The van der Waals surface area contributed by atoms with Gasteiger partial charge in [-0.3, -0.25) is 24.3 Å². The van der Waals surface area contributed by atoms with Gasteiger partial charge in [-0.1, -0.05) is 91.0 Å². The lowest BCUT2D eigenvalue weighted by Crippen LogP contribution is -2.74. The number of nitrogens with zero attached hydrogens (tertiary/aromatic N) is 3. The molecular weight excluding hydrogens is 687 g/mol. The number of β-lactam (4-membered cyclic amide) rings is 1. The van der Waals surface area contributed by atoms with Crippen molar-refractivity contribution in [3.8, 4) is 0 Å². The van der Waals surface area contributed by atoms with Crippen LogP contribution in [0.25, 0.3) is 6.08 Å². The zero-order valence-electron chi connectivity index (χ0n) is 28.6. The van der Waals surface area contributed by atoms with Gasteiger partial charge in [-0.2, -0.15) is 13.2 Å². The molecule has 53 heavy (non-hydrogen) atoms. The summed E-state index contributed by atoms with van der Waals surface area (Å²) in [6.07, 6.45) is 0.207. The normalized spacial score (nSPS) is 19.1. The minimum absolute atomic E-state index is 0.0291. The number of ether oxygens (including phenoxy) is 1. The maximum Gasteiger partial charge on any atom is 0.416 e. The first-order valence-electron chi connectivity index (χ1n) is 17.3. The number of hydrogen-bond acceptors (Lipinski definition) is 6. The van der Waals surface area contributed by atoms with Gasteiger partial charge in [0, 0.05) is 37.8 Å². The summed E-state index contributed by atoms with van der Waals surface area (Å²) >= 11 is 0. The number of alkyl halides is 3. The van der Waals surface area contributed by atoms with Crippen LogP contribution in [0.15, 0.2) is 115 Å². The number of carbonyl (C=O) groups excluding carboxylic acids is 4. The van der Waals surface area contributed by atoms with Gasteiger partial charge >= 0.3 is 12.3 Å². The van der Waals surface area contributed by atoms with Crippen LogP contribution in [-0.2, 0) is 38.3 Å². The second-order valence-corrected chi connectivity index (χ2v) is 12.8. The van der Waals surface area contributed by atoms with Gasteiger partial charge in [0.05, 0.1) is 17.6 Å². The van der Waals surface area contributed by atoms with E-state index in [-0.39, 0.29) is 37.5 Å². The molecule has 0 aliphatic carbocycles. The van der Waals surface area contributed by atoms with Gasteiger partial charge in [0.1, 0.15) is 18.7 Å². The molecule has 274 valence electrons. The van der Waals surface area contributed by atoms with Crippen molar-refractivity contribution in [2.45, 2.75) is 56.2 Å². The molecule has 10 nitrogen and oxygen atoms in total. The predicted molar refractivity (Wildman–Crippen MR) is 190 cm³/mol. The number of nitrogens with one attached hydrogen (secondary N) is 2. The summed E-state index contributed by atoms with van der Waals surface area (Å²) in [7, 11) is 0. The van der Waals surface area contributed by atoms with Crippen molar-refractivity contribution in [3.05, 3.63) is 143 Å². The van der Waals surface area contributed by atoms with Gasteiger partial charge in [-0.25, -0.2) is 4.79 Å². The smallest absolute Gasteiger partial charge is 0.416 e. The molecule has 2 saturated heterocycles. The van der Waals surface area contributed by atoms with Crippen LogP contribution in [0, 0.1) is 0 Å². The number of carbonyl (C=O) groups is 4. The van der Waals surface area contributed by atoms with Gasteiger partial charge in [0.25, 0.3) is 0 Å². The van der Waals surface area contributed by atoms with Crippen LogP contribution in [0.4, 0.5) is 18.0 Å². The van der Waals surface area contributed by atoms with E-state index < -0.39 is 53.8 Å². The van der Waals surface area contributed by atoms with Gasteiger partial charge in [-0.05, 0) is 47.4 Å². The van der Waals surface area contributed by atoms with Crippen molar-refractivity contribution in [1.82, 2.24) is 25.4 Å². The highest BCUT2D eigenvalue weighted by Gasteiger charge is 2.58. The summed E-state index contributed by atoms with van der Waals surface area (Å²) in [6.45, 7) is 0.0781. The van der Waals surface area contributed by atoms with Gasteiger partial charge in [0.15, 0.2) is 0 Å². The molecule has 13 heteroatoms. The van der Waals surface area contributed by atoms with E-state index in [2.05, 4.69) is 15.6 Å². The third kappa shape index (κ3) is 8.91.